The predicted octanol–water partition coefficient (Wildman–Crippen LogP) is 1.18. The van der Waals surface area contributed by atoms with Gasteiger partial charge in [-0.05, 0) is 5.92 Å². The van der Waals surface area contributed by atoms with E-state index in [1.807, 2.05) is 19.1 Å². The Kier molecular flexibility index (Phi) is 3.40. The molecule has 4 heteroatoms. The van der Waals surface area contributed by atoms with Crippen molar-refractivity contribution in [3.63, 3.8) is 0 Å². The minimum atomic E-state index is 0.498. The van der Waals surface area contributed by atoms with Gasteiger partial charge in [-0.1, -0.05) is 25.6 Å². The number of nitrogens with zero attached hydrogens (tertiary/aromatic N) is 2. The maximum Gasteiger partial charge on any atom is 0.171 e. The van der Waals surface area contributed by atoms with Crippen LogP contribution in [-0.4, -0.2) is 36.1 Å². The lowest BCUT2D eigenvalue weighted by Gasteiger charge is -2.11. The van der Waals surface area contributed by atoms with Gasteiger partial charge < -0.3 is 0 Å². The molecule has 0 saturated heterocycles. The zero-order valence-corrected chi connectivity index (χ0v) is 8.98. The first kappa shape index (κ1) is 9.86. The molecule has 0 radical (unpaired) electrons. The first-order valence-electron chi connectivity index (χ1n) is 4.24. The van der Waals surface area contributed by atoms with E-state index < -0.39 is 0 Å². The van der Waals surface area contributed by atoms with E-state index in [0.717, 1.165) is 10.9 Å². The van der Waals surface area contributed by atoms with Crippen molar-refractivity contribution < 1.29 is 0 Å². The highest BCUT2D eigenvalue weighted by Gasteiger charge is 2.20. The summed E-state index contributed by atoms with van der Waals surface area (Å²) in [6, 6.07) is 0.498. The molecule has 12 heavy (non-hydrogen) atoms. The summed E-state index contributed by atoms with van der Waals surface area (Å²) in [6.45, 7) is 4.43. The Morgan fingerprint density at radius 2 is 2.25 bits per heavy atom. The second-order valence-electron chi connectivity index (χ2n) is 3.56. The van der Waals surface area contributed by atoms with Gasteiger partial charge in [-0.15, -0.1) is 0 Å². The van der Waals surface area contributed by atoms with Crippen LogP contribution >= 0.6 is 11.8 Å². The number of hydrazine groups is 1. The van der Waals surface area contributed by atoms with E-state index in [-0.39, 0.29) is 0 Å². The summed E-state index contributed by atoms with van der Waals surface area (Å²) in [6.07, 6.45) is 0. The van der Waals surface area contributed by atoms with Gasteiger partial charge in [0.25, 0.3) is 0 Å². The molecule has 1 unspecified atom stereocenters. The highest BCUT2D eigenvalue weighted by molar-refractivity contribution is 8.14. The summed E-state index contributed by atoms with van der Waals surface area (Å²) in [5, 5.41) is 2.98. The van der Waals surface area contributed by atoms with E-state index in [1.165, 1.54) is 0 Å². The van der Waals surface area contributed by atoms with E-state index in [9.17, 15) is 0 Å². The molecule has 1 heterocycles. The summed E-state index contributed by atoms with van der Waals surface area (Å²) in [5.74, 6) is 1.77. The Balaban J connectivity index is 2.43. The van der Waals surface area contributed by atoms with Crippen LogP contribution in [0, 0.1) is 5.92 Å². The van der Waals surface area contributed by atoms with Crippen LogP contribution < -0.4 is 5.43 Å². The van der Waals surface area contributed by atoms with E-state index in [1.54, 1.807) is 11.8 Å². The highest BCUT2D eigenvalue weighted by atomic mass is 32.2. The summed E-state index contributed by atoms with van der Waals surface area (Å²) in [4.78, 5) is 4.55. The van der Waals surface area contributed by atoms with Crippen LogP contribution in [0.3, 0.4) is 0 Å². The summed E-state index contributed by atoms with van der Waals surface area (Å²) >= 11 is 1.80. The molecule has 0 bridgehead atoms. The SMILES string of the molecule is CC(C)C1CSC(NN(C)C)=N1. The van der Waals surface area contributed by atoms with Gasteiger partial charge in [-0.25, -0.2) is 5.01 Å². The number of hydrogen-bond acceptors (Lipinski definition) is 4. The van der Waals surface area contributed by atoms with Crippen molar-refractivity contribution in [3.8, 4) is 0 Å². The molecule has 70 valence electrons. The minimum Gasteiger partial charge on any atom is -0.298 e. The number of aliphatic imine (C=N–C) groups is 1. The van der Waals surface area contributed by atoms with Crippen molar-refractivity contribution >= 4 is 16.9 Å². The van der Waals surface area contributed by atoms with Crippen LogP contribution in [0.15, 0.2) is 4.99 Å². The lowest BCUT2D eigenvalue weighted by atomic mass is 10.1. The minimum absolute atomic E-state index is 0.498. The molecular formula is C8H17N3S. The lowest BCUT2D eigenvalue weighted by molar-refractivity contribution is 0.364. The fraction of sp³-hybridized carbons (Fsp3) is 0.875. The number of thioether (sulfide) groups is 1. The third-order valence-electron chi connectivity index (χ3n) is 1.76. The number of rotatable bonds is 2. The van der Waals surface area contributed by atoms with Gasteiger partial charge >= 0.3 is 0 Å². The van der Waals surface area contributed by atoms with Crippen LogP contribution in [0.2, 0.25) is 0 Å². The van der Waals surface area contributed by atoms with Gasteiger partial charge in [-0.2, -0.15) is 0 Å². The molecule has 3 nitrogen and oxygen atoms in total. The fourth-order valence-electron chi connectivity index (χ4n) is 0.983. The van der Waals surface area contributed by atoms with E-state index in [2.05, 4.69) is 24.3 Å². The molecule has 0 saturated carbocycles. The highest BCUT2D eigenvalue weighted by Crippen LogP contribution is 2.21. The van der Waals surface area contributed by atoms with Crippen LogP contribution in [0.25, 0.3) is 0 Å². The lowest BCUT2D eigenvalue weighted by Crippen LogP contribution is -2.33. The molecule has 1 aliphatic heterocycles. The average molecular weight is 187 g/mol. The van der Waals surface area contributed by atoms with Gasteiger partial charge in [0, 0.05) is 19.8 Å². The molecule has 1 aliphatic rings. The molecule has 0 spiro atoms. The molecule has 0 fully saturated rings. The summed E-state index contributed by atoms with van der Waals surface area (Å²) in [5.41, 5.74) is 3.17. The van der Waals surface area contributed by atoms with Gasteiger partial charge in [0.15, 0.2) is 5.17 Å². The molecular weight excluding hydrogens is 170 g/mol. The maximum absolute atomic E-state index is 4.55. The largest absolute Gasteiger partial charge is 0.298 e. The van der Waals surface area contributed by atoms with Crippen LogP contribution in [0.4, 0.5) is 0 Å². The van der Waals surface area contributed by atoms with E-state index in [0.29, 0.717) is 12.0 Å². The normalized spacial score (nSPS) is 23.5. The van der Waals surface area contributed by atoms with Crippen LogP contribution in [-0.2, 0) is 0 Å². The Morgan fingerprint density at radius 1 is 1.58 bits per heavy atom. The fourth-order valence-corrected chi connectivity index (χ4v) is 2.23. The zero-order valence-electron chi connectivity index (χ0n) is 8.16. The molecule has 0 aromatic rings. The summed E-state index contributed by atoms with van der Waals surface area (Å²) in [7, 11) is 3.96. The van der Waals surface area contributed by atoms with Gasteiger partial charge in [0.2, 0.25) is 0 Å². The second kappa shape index (κ2) is 4.14. The molecule has 0 amide bonds. The number of amidine groups is 1. The quantitative estimate of drug-likeness (QED) is 0.658. The standard InChI is InChI=1S/C8H17N3S/c1-6(2)7-5-12-8(9-7)10-11(3)4/h6-7H,5H2,1-4H3,(H,9,10). The number of hydrogen-bond donors (Lipinski definition) is 1. The predicted molar refractivity (Wildman–Crippen MR) is 55.3 cm³/mol. The number of nitrogens with one attached hydrogen (secondary N) is 1. The first-order chi connectivity index (χ1) is 5.59. The molecule has 1 atom stereocenters. The van der Waals surface area contributed by atoms with Gasteiger partial charge in [0.05, 0.1) is 6.04 Å². The van der Waals surface area contributed by atoms with E-state index >= 15 is 0 Å². The summed E-state index contributed by atoms with van der Waals surface area (Å²) < 4.78 is 0. The Bertz CT molecular complexity index is 177. The van der Waals surface area contributed by atoms with Crippen molar-refractivity contribution in [1.29, 1.82) is 0 Å². The second-order valence-corrected chi connectivity index (χ2v) is 4.57. The smallest absolute Gasteiger partial charge is 0.171 e. The molecule has 0 aromatic heterocycles. The van der Waals surface area contributed by atoms with Crippen LogP contribution in [0.1, 0.15) is 13.8 Å². The van der Waals surface area contributed by atoms with Crippen molar-refractivity contribution in [2.24, 2.45) is 10.9 Å². The monoisotopic (exact) mass is 187 g/mol. The molecule has 0 aliphatic carbocycles. The Hall–Kier alpha value is -0.220. The molecule has 1 N–H and O–H groups in total. The molecule has 0 aromatic carbocycles. The van der Waals surface area contributed by atoms with Crippen LogP contribution in [0.5, 0.6) is 0 Å². The van der Waals surface area contributed by atoms with Gasteiger partial charge in [-0.3, -0.25) is 10.4 Å². The molecule has 1 rings (SSSR count). The maximum atomic E-state index is 4.55. The zero-order chi connectivity index (χ0) is 9.14. The Morgan fingerprint density at radius 3 is 2.67 bits per heavy atom. The third kappa shape index (κ3) is 2.68. The Labute approximate surface area is 78.6 Å². The van der Waals surface area contributed by atoms with E-state index in [4.69, 9.17) is 0 Å². The first-order valence-corrected chi connectivity index (χ1v) is 5.22. The van der Waals surface area contributed by atoms with Crippen molar-refractivity contribution in [2.75, 3.05) is 19.8 Å². The topological polar surface area (TPSA) is 27.6 Å². The van der Waals surface area contributed by atoms with Gasteiger partial charge in [0.1, 0.15) is 0 Å². The van der Waals surface area contributed by atoms with Crippen molar-refractivity contribution in [3.05, 3.63) is 0 Å². The average Bonchev–Trinajstić information content (AvgIpc) is 2.34. The van der Waals surface area contributed by atoms with Crippen molar-refractivity contribution in [2.45, 2.75) is 19.9 Å². The van der Waals surface area contributed by atoms with Crippen molar-refractivity contribution in [1.82, 2.24) is 10.4 Å². The third-order valence-corrected chi connectivity index (χ3v) is 2.74.